The Hall–Kier alpha value is -2.83. The van der Waals surface area contributed by atoms with E-state index in [1.165, 1.54) is 16.7 Å². The lowest BCUT2D eigenvalue weighted by molar-refractivity contribution is -0.123. The van der Waals surface area contributed by atoms with Gasteiger partial charge in [0.25, 0.3) is 5.91 Å². The summed E-state index contributed by atoms with van der Waals surface area (Å²) in [5.74, 6) is -1.22. The highest BCUT2D eigenvalue weighted by atomic mass is 35.5. The van der Waals surface area contributed by atoms with Crippen molar-refractivity contribution in [2.24, 2.45) is 0 Å². The van der Waals surface area contributed by atoms with Crippen LogP contribution in [0, 0.1) is 6.92 Å². The highest BCUT2D eigenvalue weighted by molar-refractivity contribution is 6.30. The molecule has 1 unspecified atom stereocenters. The first-order chi connectivity index (χ1) is 12.8. The average molecular weight is 387 g/mol. The third-order valence-corrected chi connectivity index (χ3v) is 4.86. The standard InChI is InChI=1S/C20H19ClN2O4/c1-11(19(26)22-10-24)18-12(2)23(17-8-7-15(25)9-16(17)18)20(27)13-3-5-14(21)6-4-13/h3-9,11,24-25H,10H2,1-2H3,(H,22,26). The number of fused-ring (bicyclic) bond motifs is 1. The smallest absolute Gasteiger partial charge is 0.262 e. The largest absolute Gasteiger partial charge is 0.508 e. The van der Waals surface area contributed by atoms with Gasteiger partial charge in [-0.15, -0.1) is 0 Å². The molecule has 27 heavy (non-hydrogen) atoms. The second kappa shape index (κ2) is 7.42. The topological polar surface area (TPSA) is 91.6 Å². The fraction of sp³-hybridized carbons (Fsp3) is 0.200. The summed E-state index contributed by atoms with van der Waals surface area (Å²) in [5.41, 5.74) is 2.25. The second-order valence-electron chi connectivity index (χ2n) is 6.27. The van der Waals surface area contributed by atoms with Crippen LogP contribution in [0.2, 0.25) is 5.02 Å². The third-order valence-electron chi connectivity index (χ3n) is 4.61. The van der Waals surface area contributed by atoms with E-state index in [1.54, 1.807) is 44.2 Å². The van der Waals surface area contributed by atoms with Crippen molar-refractivity contribution in [3.8, 4) is 5.75 Å². The highest BCUT2D eigenvalue weighted by Crippen LogP contribution is 2.34. The molecule has 0 spiro atoms. The molecule has 1 heterocycles. The summed E-state index contributed by atoms with van der Waals surface area (Å²) >= 11 is 5.91. The molecule has 0 aliphatic rings. The van der Waals surface area contributed by atoms with Crippen LogP contribution in [0.15, 0.2) is 42.5 Å². The minimum absolute atomic E-state index is 0.0367. The number of amides is 1. The molecule has 3 N–H and O–H groups in total. The maximum absolute atomic E-state index is 13.1. The zero-order valence-electron chi connectivity index (χ0n) is 14.9. The number of nitrogens with zero attached hydrogens (tertiary/aromatic N) is 1. The van der Waals surface area contributed by atoms with Gasteiger partial charge in [-0.05, 0) is 61.9 Å². The van der Waals surface area contributed by atoms with Crippen LogP contribution in [0.5, 0.6) is 5.75 Å². The van der Waals surface area contributed by atoms with Crippen LogP contribution in [0.4, 0.5) is 0 Å². The summed E-state index contributed by atoms with van der Waals surface area (Å²) < 4.78 is 1.52. The van der Waals surface area contributed by atoms with Gasteiger partial charge in [-0.3, -0.25) is 14.2 Å². The van der Waals surface area contributed by atoms with Gasteiger partial charge in [0.05, 0.1) is 11.4 Å². The molecule has 0 radical (unpaired) electrons. The van der Waals surface area contributed by atoms with Gasteiger partial charge < -0.3 is 15.5 Å². The molecule has 0 aliphatic heterocycles. The van der Waals surface area contributed by atoms with Crippen LogP contribution in [0.1, 0.15) is 34.5 Å². The molecular formula is C20H19ClN2O4. The first-order valence-corrected chi connectivity index (χ1v) is 8.75. The molecule has 7 heteroatoms. The Kier molecular flexibility index (Phi) is 5.21. The molecule has 0 bridgehead atoms. The van der Waals surface area contributed by atoms with Gasteiger partial charge in [-0.25, -0.2) is 0 Å². The quantitative estimate of drug-likeness (QED) is 0.600. The van der Waals surface area contributed by atoms with E-state index < -0.39 is 12.6 Å². The Morgan fingerprint density at radius 3 is 2.48 bits per heavy atom. The lowest BCUT2D eigenvalue weighted by Crippen LogP contribution is -2.29. The van der Waals surface area contributed by atoms with E-state index in [-0.39, 0.29) is 17.6 Å². The first kappa shape index (κ1) is 18.9. The molecule has 140 valence electrons. The van der Waals surface area contributed by atoms with Crippen molar-refractivity contribution in [1.29, 1.82) is 0 Å². The lowest BCUT2D eigenvalue weighted by atomic mass is 9.97. The number of aromatic hydroxyl groups is 1. The fourth-order valence-corrected chi connectivity index (χ4v) is 3.45. The number of carbonyl (C=O) groups is 2. The number of benzene rings is 2. The number of aromatic nitrogens is 1. The first-order valence-electron chi connectivity index (χ1n) is 8.38. The zero-order valence-corrected chi connectivity index (χ0v) is 15.6. The van der Waals surface area contributed by atoms with Gasteiger partial charge in [0.2, 0.25) is 5.91 Å². The molecule has 6 nitrogen and oxygen atoms in total. The fourth-order valence-electron chi connectivity index (χ4n) is 3.32. The number of phenolic OH excluding ortho intramolecular Hbond substituents is 1. The van der Waals surface area contributed by atoms with Gasteiger partial charge in [-0.2, -0.15) is 0 Å². The molecule has 1 atom stereocenters. The third kappa shape index (κ3) is 3.41. The summed E-state index contributed by atoms with van der Waals surface area (Å²) in [6, 6.07) is 11.2. The lowest BCUT2D eigenvalue weighted by Gasteiger charge is -2.12. The number of aliphatic hydroxyl groups excluding tert-OH is 1. The summed E-state index contributed by atoms with van der Waals surface area (Å²) in [6.45, 7) is 2.96. The van der Waals surface area contributed by atoms with Crippen LogP contribution in [0.3, 0.4) is 0 Å². The predicted molar refractivity (Wildman–Crippen MR) is 103 cm³/mol. The maximum Gasteiger partial charge on any atom is 0.262 e. The molecule has 0 aliphatic carbocycles. The second-order valence-corrected chi connectivity index (χ2v) is 6.71. The van der Waals surface area contributed by atoms with E-state index in [9.17, 15) is 14.7 Å². The number of halogens is 1. The van der Waals surface area contributed by atoms with Crippen molar-refractivity contribution in [1.82, 2.24) is 9.88 Å². The van der Waals surface area contributed by atoms with Crippen molar-refractivity contribution >= 4 is 34.3 Å². The summed E-state index contributed by atoms with van der Waals surface area (Å²) in [5, 5.41) is 22.4. The van der Waals surface area contributed by atoms with Gasteiger partial charge in [0, 0.05) is 21.7 Å². The number of phenols is 1. The van der Waals surface area contributed by atoms with Gasteiger partial charge in [0.1, 0.15) is 12.5 Å². The monoisotopic (exact) mass is 386 g/mol. The average Bonchev–Trinajstić information content (AvgIpc) is 2.92. The molecule has 2 aromatic carbocycles. The van der Waals surface area contributed by atoms with Crippen LogP contribution in [0.25, 0.3) is 10.9 Å². The van der Waals surface area contributed by atoms with Crippen LogP contribution < -0.4 is 5.32 Å². The number of aliphatic hydroxyl groups is 1. The number of hydrogen-bond acceptors (Lipinski definition) is 4. The Morgan fingerprint density at radius 2 is 1.85 bits per heavy atom. The van der Waals surface area contributed by atoms with Crippen molar-refractivity contribution < 1.29 is 19.8 Å². The molecular weight excluding hydrogens is 368 g/mol. The van der Waals surface area contributed by atoms with Gasteiger partial charge >= 0.3 is 0 Å². The van der Waals surface area contributed by atoms with Crippen molar-refractivity contribution in [2.75, 3.05) is 6.73 Å². The maximum atomic E-state index is 13.1. The van der Waals surface area contributed by atoms with E-state index in [0.29, 0.717) is 32.7 Å². The predicted octanol–water partition coefficient (Wildman–Crippen LogP) is 3.17. The van der Waals surface area contributed by atoms with Crippen LogP contribution in [-0.2, 0) is 4.79 Å². The Labute approximate surface area is 161 Å². The minimum atomic E-state index is -0.624. The molecule has 3 rings (SSSR count). The molecule has 3 aromatic rings. The summed E-state index contributed by atoms with van der Waals surface area (Å²) in [6.07, 6.45) is 0. The van der Waals surface area contributed by atoms with Gasteiger partial charge in [0.15, 0.2) is 0 Å². The van der Waals surface area contributed by atoms with Crippen LogP contribution >= 0.6 is 11.6 Å². The number of hydrogen-bond donors (Lipinski definition) is 3. The van der Waals surface area contributed by atoms with Crippen molar-refractivity contribution in [3.63, 3.8) is 0 Å². The van der Waals surface area contributed by atoms with E-state index in [4.69, 9.17) is 16.7 Å². The molecule has 0 saturated carbocycles. The molecule has 0 fully saturated rings. The normalized spacial score (nSPS) is 12.1. The number of nitrogens with one attached hydrogen (secondary N) is 1. The zero-order chi connectivity index (χ0) is 19.7. The Morgan fingerprint density at radius 1 is 1.19 bits per heavy atom. The number of carbonyl (C=O) groups excluding carboxylic acids is 2. The van der Waals surface area contributed by atoms with Crippen molar-refractivity contribution in [3.05, 3.63) is 64.3 Å². The molecule has 1 amide bonds. The Balaban J connectivity index is 2.22. The van der Waals surface area contributed by atoms with E-state index in [0.717, 1.165) is 0 Å². The van der Waals surface area contributed by atoms with E-state index >= 15 is 0 Å². The van der Waals surface area contributed by atoms with Crippen LogP contribution in [-0.4, -0.2) is 33.3 Å². The van der Waals surface area contributed by atoms with Crippen molar-refractivity contribution in [2.45, 2.75) is 19.8 Å². The molecule has 1 aromatic heterocycles. The number of rotatable bonds is 4. The highest BCUT2D eigenvalue weighted by Gasteiger charge is 2.26. The van der Waals surface area contributed by atoms with Gasteiger partial charge in [-0.1, -0.05) is 11.6 Å². The SMILES string of the molecule is Cc1c(C(C)C(=O)NCO)c2cc(O)ccc2n1C(=O)c1ccc(Cl)cc1. The van der Waals surface area contributed by atoms with E-state index in [1.807, 2.05) is 0 Å². The molecule has 0 saturated heterocycles. The minimum Gasteiger partial charge on any atom is -0.508 e. The summed E-state index contributed by atoms with van der Waals surface area (Å²) in [4.78, 5) is 25.4. The van der Waals surface area contributed by atoms with E-state index in [2.05, 4.69) is 5.32 Å². The Bertz CT molecular complexity index is 1020. The summed E-state index contributed by atoms with van der Waals surface area (Å²) in [7, 11) is 0.